The van der Waals surface area contributed by atoms with E-state index in [1.807, 2.05) is 50.2 Å². The molecule has 1 aliphatic rings. The molecule has 6 heteroatoms. The van der Waals surface area contributed by atoms with E-state index in [4.69, 9.17) is 4.74 Å². The summed E-state index contributed by atoms with van der Waals surface area (Å²) in [6.45, 7) is 10.2. The molecule has 0 spiro atoms. The first-order chi connectivity index (χ1) is 12.2. The van der Waals surface area contributed by atoms with E-state index in [0.717, 1.165) is 23.4 Å². The van der Waals surface area contributed by atoms with Gasteiger partial charge in [-0.15, -0.1) is 0 Å². The number of nitrogens with zero attached hydrogens (tertiary/aromatic N) is 1. The molecule has 0 radical (unpaired) electrons. The van der Waals surface area contributed by atoms with Gasteiger partial charge in [0.2, 0.25) is 0 Å². The van der Waals surface area contributed by atoms with E-state index in [9.17, 15) is 8.42 Å². The number of benzene rings is 2. The molecule has 0 atom stereocenters. The SMILES string of the molecule is Cc1ccc(S(=O)(=O)Nc2ccc(N3CCOCC3(C)C)cc2)c(C)c1. The molecule has 1 N–H and O–H groups in total. The molecule has 0 aliphatic carbocycles. The summed E-state index contributed by atoms with van der Waals surface area (Å²) in [5.74, 6) is 0. The lowest BCUT2D eigenvalue weighted by molar-refractivity contribution is 0.0644. The number of anilines is 2. The van der Waals surface area contributed by atoms with Gasteiger partial charge in [-0.05, 0) is 63.6 Å². The molecule has 0 saturated carbocycles. The largest absolute Gasteiger partial charge is 0.377 e. The van der Waals surface area contributed by atoms with E-state index >= 15 is 0 Å². The summed E-state index contributed by atoms with van der Waals surface area (Å²) in [5, 5.41) is 0. The molecule has 3 rings (SSSR count). The van der Waals surface area contributed by atoms with Gasteiger partial charge in [-0.2, -0.15) is 0 Å². The number of hydrogen-bond donors (Lipinski definition) is 1. The summed E-state index contributed by atoms with van der Waals surface area (Å²) in [6.07, 6.45) is 0. The highest BCUT2D eigenvalue weighted by Crippen LogP contribution is 2.28. The van der Waals surface area contributed by atoms with Crippen LogP contribution in [0.4, 0.5) is 11.4 Å². The average Bonchev–Trinajstić information content (AvgIpc) is 2.55. The van der Waals surface area contributed by atoms with Gasteiger partial charge in [0, 0.05) is 17.9 Å². The molecule has 26 heavy (non-hydrogen) atoms. The third kappa shape index (κ3) is 3.86. The smallest absolute Gasteiger partial charge is 0.262 e. The molecule has 1 heterocycles. The second-order valence-electron chi connectivity index (χ2n) is 7.44. The van der Waals surface area contributed by atoms with Gasteiger partial charge in [0.05, 0.1) is 23.6 Å². The Balaban J connectivity index is 1.81. The van der Waals surface area contributed by atoms with E-state index in [-0.39, 0.29) is 5.54 Å². The van der Waals surface area contributed by atoms with Gasteiger partial charge in [0.15, 0.2) is 0 Å². The Kier molecular flexibility index (Phi) is 4.99. The van der Waals surface area contributed by atoms with Gasteiger partial charge in [-0.25, -0.2) is 8.42 Å². The zero-order chi connectivity index (χ0) is 18.9. The number of nitrogens with one attached hydrogen (secondary N) is 1. The minimum atomic E-state index is -3.60. The summed E-state index contributed by atoms with van der Waals surface area (Å²) in [7, 11) is -3.60. The van der Waals surface area contributed by atoms with E-state index in [2.05, 4.69) is 23.5 Å². The molecule has 0 aromatic heterocycles. The van der Waals surface area contributed by atoms with E-state index in [1.165, 1.54) is 0 Å². The van der Waals surface area contributed by atoms with Crippen LogP contribution >= 0.6 is 0 Å². The van der Waals surface area contributed by atoms with Crippen molar-refractivity contribution in [3.63, 3.8) is 0 Å². The minimum absolute atomic E-state index is 0.0850. The van der Waals surface area contributed by atoms with Crippen LogP contribution in [0.15, 0.2) is 47.4 Å². The fraction of sp³-hybridized carbons (Fsp3) is 0.400. The second kappa shape index (κ2) is 6.93. The van der Waals surface area contributed by atoms with Crippen LogP contribution in [0.5, 0.6) is 0 Å². The third-order valence-corrected chi connectivity index (χ3v) is 6.24. The summed E-state index contributed by atoms with van der Waals surface area (Å²) in [4.78, 5) is 2.60. The lowest BCUT2D eigenvalue weighted by Crippen LogP contribution is -2.53. The standard InChI is InChI=1S/C20H26N2O3S/c1-15-5-10-19(16(2)13-15)26(23,24)21-17-6-8-18(9-7-17)22-11-12-25-14-20(22,3)4/h5-10,13,21H,11-12,14H2,1-4H3. The van der Waals surface area contributed by atoms with Crippen molar-refractivity contribution in [2.24, 2.45) is 0 Å². The number of sulfonamides is 1. The van der Waals surface area contributed by atoms with Crippen LogP contribution in [0, 0.1) is 13.8 Å². The number of aryl methyl sites for hydroxylation is 2. The Morgan fingerprint density at radius 3 is 2.38 bits per heavy atom. The third-order valence-electron chi connectivity index (χ3n) is 4.70. The van der Waals surface area contributed by atoms with Crippen molar-refractivity contribution in [3.05, 3.63) is 53.6 Å². The van der Waals surface area contributed by atoms with Gasteiger partial charge in [-0.1, -0.05) is 17.7 Å². The maximum absolute atomic E-state index is 12.7. The van der Waals surface area contributed by atoms with E-state index in [0.29, 0.717) is 23.8 Å². The molecule has 1 aliphatic heterocycles. The first-order valence-electron chi connectivity index (χ1n) is 8.75. The van der Waals surface area contributed by atoms with Crippen molar-refractivity contribution < 1.29 is 13.2 Å². The fourth-order valence-electron chi connectivity index (χ4n) is 3.36. The number of rotatable bonds is 4. The maximum Gasteiger partial charge on any atom is 0.262 e. The topological polar surface area (TPSA) is 58.6 Å². The zero-order valence-corrected chi connectivity index (χ0v) is 16.6. The lowest BCUT2D eigenvalue weighted by Gasteiger charge is -2.43. The Labute approximate surface area is 156 Å². The quantitative estimate of drug-likeness (QED) is 0.886. The van der Waals surface area contributed by atoms with Crippen molar-refractivity contribution in [1.29, 1.82) is 0 Å². The van der Waals surface area contributed by atoms with Crippen LogP contribution in [-0.2, 0) is 14.8 Å². The van der Waals surface area contributed by atoms with Crippen LogP contribution in [-0.4, -0.2) is 33.7 Å². The fourth-order valence-corrected chi connectivity index (χ4v) is 4.64. The first-order valence-corrected chi connectivity index (χ1v) is 10.2. The van der Waals surface area contributed by atoms with Gasteiger partial charge in [0.25, 0.3) is 10.0 Å². The Morgan fingerprint density at radius 1 is 1.08 bits per heavy atom. The van der Waals surface area contributed by atoms with Gasteiger partial charge >= 0.3 is 0 Å². The monoisotopic (exact) mass is 374 g/mol. The minimum Gasteiger partial charge on any atom is -0.377 e. The average molecular weight is 375 g/mol. The highest BCUT2D eigenvalue weighted by Gasteiger charge is 2.30. The number of hydrogen-bond acceptors (Lipinski definition) is 4. The predicted molar refractivity (Wildman–Crippen MR) is 105 cm³/mol. The predicted octanol–water partition coefficient (Wildman–Crippen LogP) is 3.72. The lowest BCUT2D eigenvalue weighted by atomic mass is 10.0. The molecule has 0 amide bonds. The van der Waals surface area contributed by atoms with Crippen LogP contribution < -0.4 is 9.62 Å². The summed E-state index contributed by atoms with van der Waals surface area (Å²) in [6, 6.07) is 12.9. The zero-order valence-electron chi connectivity index (χ0n) is 15.7. The Bertz CT molecular complexity index is 890. The van der Waals surface area contributed by atoms with Crippen LogP contribution in [0.2, 0.25) is 0 Å². The Hall–Kier alpha value is -2.05. The van der Waals surface area contributed by atoms with E-state index in [1.54, 1.807) is 6.07 Å². The van der Waals surface area contributed by atoms with Crippen molar-refractivity contribution in [1.82, 2.24) is 0 Å². The summed E-state index contributed by atoms with van der Waals surface area (Å²) < 4.78 is 33.6. The van der Waals surface area contributed by atoms with Crippen molar-refractivity contribution in [2.75, 3.05) is 29.4 Å². The van der Waals surface area contributed by atoms with Gasteiger partial charge in [-0.3, -0.25) is 4.72 Å². The van der Waals surface area contributed by atoms with Crippen LogP contribution in [0.1, 0.15) is 25.0 Å². The number of ether oxygens (including phenoxy) is 1. The maximum atomic E-state index is 12.7. The van der Waals surface area contributed by atoms with Crippen LogP contribution in [0.3, 0.4) is 0 Å². The van der Waals surface area contributed by atoms with Crippen molar-refractivity contribution in [2.45, 2.75) is 38.1 Å². The second-order valence-corrected chi connectivity index (χ2v) is 9.09. The van der Waals surface area contributed by atoms with Crippen molar-refractivity contribution >= 4 is 21.4 Å². The first kappa shape index (κ1) is 18.7. The molecule has 5 nitrogen and oxygen atoms in total. The molecular weight excluding hydrogens is 348 g/mol. The molecule has 2 aromatic rings. The van der Waals surface area contributed by atoms with Crippen LogP contribution in [0.25, 0.3) is 0 Å². The molecule has 0 bridgehead atoms. The Morgan fingerprint density at radius 2 is 1.77 bits per heavy atom. The van der Waals surface area contributed by atoms with E-state index < -0.39 is 10.0 Å². The molecule has 2 aromatic carbocycles. The molecule has 1 fully saturated rings. The molecule has 1 saturated heterocycles. The molecule has 0 unspecified atom stereocenters. The highest BCUT2D eigenvalue weighted by molar-refractivity contribution is 7.92. The highest BCUT2D eigenvalue weighted by atomic mass is 32.2. The summed E-state index contributed by atoms with van der Waals surface area (Å²) in [5.41, 5.74) is 3.31. The normalized spacial score (nSPS) is 17.2. The van der Waals surface area contributed by atoms with Crippen molar-refractivity contribution in [3.8, 4) is 0 Å². The summed E-state index contributed by atoms with van der Waals surface area (Å²) >= 11 is 0. The number of morpholine rings is 1. The van der Waals surface area contributed by atoms with Gasteiger partial charge in [0.1, 0.15) is 0 Å². The molecule has 140 valence electrons. The van der Waals surface area contributed by atoms with Gasteiger partial charge < -0.3 is 9.64 Å². The molecular formula is C20H26N2O3S.